The van der Waals surface area contributed by atoms with E-state index in [0.29, 0.717) is 5.82 Å². The van der Waals surface area contributed by atoms with Gasteiger partial charge < -0.3 is 9.51 Å². The van der Waals surface area contributed by atoms with Crippen molar-refractivity contribution in [2.45, 2.75) is 0 Å². The van der Waals surface area contributed by atoms with Gasteiger partial charge in [-0.2, -0.15) is 4.98 Å². The van der Waals surface area contributed by atoms with Crippen molar-refractivity contribution < 1.29 is 4.52 Å². The van der Waals surface area contributed by atoms with Gasteiger partial charge >= 0.3 is 0 Å². The molecular formula is C7H6N4O. The van der Waals surface area contributed by atoms with E-state index in [1.165, 1.54) is 6.39 Å². The van der Waals surface area contributed by atoms with Crippen LogP contribution in [0, 0.1) is 0 Å². The topological polar surface area (TPSA) is 67.6 Å². The lowest BCUT2D eigenvalue weighted by Crippen LogP contribution is -1.75. The number of aromatic nitrogens is 4. The molecule has 12 heavy (non-hydrogen) atoms. The van der Waals surface area contributed by atoms with Gasteiger partial charge in [-0.15, -0.1) is 0 Å². The average Bonchev–Trinajstić information content (AvgIpc) is 2.74. The second-order valence-electron chi connectivity index (χ2n) is 2.10. The molecule has 2 aromatic heterocycles. The first-order valence-corrected chi connectivity index (χ1v) is 3.39. The molecule has 0 saturated heterocycles. The van der Waals surface area contributed by atoms with Crippen molar-refractivity contribution in [1.82, 2.24) is 20.1 Å². The van der Waals surface area contributed by atoms with Gasteiger partial charge in [0.25, 0.3) is 0 Å². The zero-order valence-electron chi connectivity index (χ0n) is 6.14. The van der Waals surface area contributed by atoms with Gasteiger partial charge in [-0.25, -0.2) is 4.98 Å². The van der Waals surface area contributed by atoms with Crippen LogP contribution in [0.1, 0.15) is 11.6 Å². The molecule has 0 amide bonds. The maximum atomic E-state index is 4.54. The first-order chi connectivity index (χ1) is 5.95. The summed E-state index contributed by atoms with van der Waals surface area (Å²) in [5, 5.41) is 3.60. The highest BCUT2D eigenvalue weighted by atomic mass is 16.5. The number of nitrogens with zero attached hydrogens (tertiary/aromatic N) is 3. The van der Waals surface area contributed by atoms with E-state index in [0.717, 1.165) is 5.82 Å². The summed E-state index contributed by atoms with van der Waals surface area (Å²) < 4.78 is 4.54. The third kappa shape index (κ3) is 1.39. The Morgan fingerprint density at radius 3 is 3.00 bits per heavy atom. The number of hydrogen-bond acceptors (Lipinski definition) is 4. The lowest BCUT2D eigenvalue weighted by Gasteiger charge is -1.79. The van der Waals surface area contributed by atoms with Crippen LogP contribution in [-0.4, -0.2) is 20.1 Å². The first kappa shape index (κ1) is 6.78. The van der Waals surface area contributed by atoms with Gasteiger partial charge in [0.1, 0.15) is 5.82 Å². The van der Waals surface area contributed by atoms with Crippen molar-refractivity contribution >= 4 is 12.2 Å². The largest absolute Gasteiger partial charge is 0.345 e. The van der Waals surface area contributed by atoms with E-state index in [9.17, 15) is 0 Å². The van der Waals surface area contributed by atoms with Crippen molar-refractivity contribution in [3.8, 4) is 0 Å². The fraction of sp³-hybridized carbons (Fsp3) is 0. The molecule has 2 aromatic rings. The van der Waals surface area contributed by atoms with Gasteiger partial charge in [0.2, 0.25) is 6.39 Å². The summed E-state index contributed by atoms with van der Waals surface area (Å²) in [5.74, 6) is 1.30. The van der Waals surface area contributed by atoms with Gasteiger partial charge in [-0.3, -0.25) is 0 Å². The Balaban J connectivity index is 2.14. The molecule has 60 valence electrons. The van der Waals surface area contributed by atoms with E-state index in [-0.39, 0.29) is 0 Å². The quantitative estimate of drug-likeness (QED) is 0.714. The van der Waals surface area contributed by atoms with Crippen LogP contribution in [0.3, 0.4) is 0 Å². The third-order valence-electron chi connectivity index (χ3n) is 1.29. The number of hydrogen-bond donors (Lipinski definition) is 1. The van der Waals surface area contributed by atoms with Crippen molar-refractivity contribution in [2.24, 2.45) is 0 Å². The molecule has 2 rings (SSSR count). The lowest BCUT2D eigenvalue weighted by atomic mass is 10.4. The van der Waals surface area contributed by atoms with Crippen molar-refractivity contribution in [2.75, 3.05) is 0 Å². The van der Waals surface area contributed by atoms with Gasteiger partial charge in [-0.1, -0.05) is 5.16 Å². The van der Waals surface area contributed by atoms with Crippen molar-refractivity contribution in [3.63, 3.8) is 0 Å². The Morgan fingerprint density at radius 2 is 2.33 bits per heavy atom. The highest BCUT2D eigenvalue weighted by Gasteiger charge is 1.91. The molecule has 0 aromatic carbocycles. The van der Waals surface area contributed by atoms with Crippen LogP contribution >= 0.6 is 0 Å². The van der Waals surface area contributed by atoms with Gasteiger partial charge in [-0.05, 0) is 12.2 Å². The molecule has 0 aliphatic heterocycles. The summed E-state index contributed by atoms with van der Waals surface area (Å²) >= 11 is 0. The van der Waals surface area contributed by atoms with Crippen LogP contribution in [0.15, 0.2) is 23.3 Å². The Bertz CT molecular complexity index is 312. The molecule has 0 atom stereocenters. The van der Waals surface area contributed by atoms with E-state index in [1.54, 1.807) is 24.5 Å². The number of imidazole rings is 1. The average molecular weight is 162 g/mol. The van der Waals surface area contributed by atoms with Gasteiger partial charge in [0.15, 0.2) is 5.82 Å². The lowest BCUT2D eigenvalue weighted by molar-refractivity contribution is 0.415. The maximum Gasteiger partial charge on any atom is 0.214 e. The van der Waals surface area contributed by atoms with E-state index in [4.69, 9.17) is 0 Å². The molecule has 5 nitrogen and oxygen atoms in total. The molecule has 5 heteroatoms. The van der Waals surface area contributed by atoms with Crippen molar-refractivity contribution in [1.29, 1.82) is 0 Å². The van der Waals surface area contributed by atoms with Gasteiger partial charge in [0, 0.05) is 12.4 Å². The first-order valence-electron chi connectivity index (χ1n) is 3.39. The van der Waals surface area contributed by atoms with Crippen molar-refractivity contribution in [3.05, 3.63) is 30.4 Å². The van der Waals surface area contributed by atoms with E-state index >= 15 is 0 Å². The maximum absolute atomic E-state index is 4.54. The Morgan fingerprint density at radius 1 is 1.33 bits per heavy atom. The Kier molecular flexibility index (Phi) is 1.69. The van der Waals surface area contributed by atoms with E-state index in [1.807, 2.05) is 0 Å². The highest BCUT2D eigenvalue weighted by Crippen LogP contribution is 1.97. The molecule has 0 spiro atoms. The summed E-state index contributed by atoms with van der Waals surface area (Å²) in [4.78, 5) is 10.7. The van der Waals surface area contributed by atoms with Gasteiger partial charge in [0.05, 0.1) is 0 Å². The predicted octanol–water partition coefficient (Wildman–Crippen LogP) is 0.963. The standard InChI is InChI=1S/C7H6N4O/c1(6-8-3-4-9-6)2-7-10-5-12-11-7/h1-5H,(H,8,9). The van der Waals surface area contributed by atoms with Crippen LogP contribution < -0.4 is 0 Å². The highest BCUT2D eigenvalue weighted by molar-refractivity contribution is 5.62. The number of aromatic amines is 1. The minimum absolute atomic E-state index is 0.534. The molecule has 0 bridgehead atoms. The fourth-order valence-electron chi connectivity index (χ4n) is 0.774. The van der Waals surface area contributed by atoms with Crippen LogP contribution in [-0.2, 0) is 0 Å². The summed E-state index contributed by atoms with van der Waals surface area (Å²) in [6, 6.07) is 0. The summed E-state index contributed by atoms with van der Waals surface area (Å²) in [6.07, 6.45) is 8.18. The normalized spacial score (nSPS) is 11.0. The van der Waals surface area contributed by atoms with E-state index < -0.39 is 0 Å². The molecule has 0 aliphatic rings. The molecule has 0 unspecified atom stereocenters. The Hall–Kier alpha value is -1.91. The second-order valence-corrected chi connectivity index (χ2v) is 2.10. The molecule has 0 saturated carbocycles. The molecule has 0 radical (unpaired) electrons. The summed E-state index contributed by atoms with van der Waals surface area (Å²) in [5.41, 5.74) is 0. The predicted molar refractivity (Wildman–Crippen MR) is 41.8 cm³/mol. The van der Waals surface area contributed by atoms with Crippen LogP contribution in [0.25, 0.3) is 12.2 Å². The number of nitrogens with one attached hydrogen (secondary N) is 1. The molecule has 0 aliphatic carbocycles. The second kappa shape index (κ2) is 3.00. The third-order valence-corrected chi connectivity index (χ3v) is 1.29. The minimum Gasteiger partial charge on any atom is -0.345 e. The SMILES string of the molecule is C(=Cc1ncc[nH]1)c1ncon1. The van der Waals surface area contributed by atoms with Crippen LogP contribution in [0.5, 0.6) is 0 Å². The molecule has 0 fully saturated rings. The zero-order valence-corrected chi connectivity index (χ0v) is 6.14. The Labute approximate surface area is 68.1 Å². The summed E-state index contributed by atoms with van der Waals surface area (Å²) in [6.45, 7) is 0. The molecular weight excluding hydrogens is 156 g/mol. The zero-order chi connectivity index (χ0) is 8.23. The van der Waals surface area contributed by atoms with E-state index in [2.05, 4.69) is 24.6 Å². The molecule has 1 N–H and O–H groups in total. The van der Waals surface area contributed by atoms with Crippen LogP contribution in [0.2, 0.25) is 0 Å². The monoisotopic (exact) mass is 162 g/mol. The van der Waals surface area contributed by atoms with Crippen LogP contribution in [0.4, 0.5) is 0 Å². The summed E-state index contributed by atoms with van der Waals surface area (Å²) in [7, 11) is 0. The minimum atomic E-state index is 0.534. The molecule has 2 heterocycles. The number of H-pyrrole nitrogens is 1. The smallest absolute Gasteiger partial charge is 0.214 e. The fourth-order valence-corrected chi connectivity index (χ4v) is 0.774. The number of rotatable bonds is 2.